The van der Waals surface area contributed by atoms with Crippen LogP contribution in [0.2, 0.25) is 0 Å². The van der Waals surface area contributed by atoms with Crippen molar-refractivity contribution in [2.24, 2.45) is 0 Å². The highest BCUT2D eigenvalue weighted by Crippen LogP contribution is 2.23. The fourth-order valence-electron chi connectivity index (χ4n) is 1.71. The monoisotopic (exact) mass is 258 g/mol. The van der Waals surface area contributed by atoms with Gasteiger partial charge in [0.15, 0.2) is 0 Å². The van der Waals surface area contributed by atoms with Gasteiger partial charge in [0, 0.05) is 11.3 Å². The predicted molar refractivity (Wildman–Crippen MR) is 76.8 cm³/mol. The quantitative estimate of drug-likeness (QED) is 0.882. The first kappa shape index (κ1) is 13.1. The van der Waals surface area contributed by atoms with E-state index >= 15 is 0 Å². The van der Waals surface area contributed by atoms with Gasteiger partial charge in [0.1, 0.15) is 23.2 Å². The van der Waals surface area contributed by atoms with Gasteiger partial charge in [-0.1, -0.05) is 0 Å². The number of rotatable bonds is 4. The Morgan fingerprint density at radius 3 is 2.47 bits per heavy atom. The molecule has 0 aliphatic carbocycles. The van der Waals surface area contributed by atoms with Gasteiger partial charge >= 0.3 is 0 Å². The molecule has 1 aromatic heterocycles. The minimum atomic E-state index is 0.501. The molecule has 0 saturated carbocycles. The molecule has 2 aromatic rings. The fourth-order valence-corrected chi connectivity index (χ4v) is 1.71. The molecule has 0 amide bonds. The van der Waals surface area contributed by atoms with Crippen LogP contribution in [0.5, 0.6) is 5.75 Å². The fraction of sp³-hybridized carbons (Fsp3) is 0.286. The zero-order chi connectivity index (χ0) is 13.8. The van der Waals surface area contributed by atoms with Crippen molar-refractivity contribution in [1.29, 1.82) is 0 Å². The number of nitrogens with two attached hydrogens (primary N) is 1. The van der Waals surface area contributed by atoms with Gasteiger partial charge in [-0.3, -0.25) is 0 Å². The number of aryl methyl sites for hydroxylation is 1. The maximum Gasteiger partial charge on any atom is 0.139 e. The number of nitrogens with zero attached hydrogens (tertiary/aromatic N) is 2. The number of benzene rings is 1. The number of ether oxygens (including phenoxy) is 1. The van der Waals surface area contributed by atoms with Crippen molar-refractivity contribution < 1.29 is 4.74 Å². The summed E-state index contributed by atoms with van der Waals surface area (Å²) in [7, 11) is 0. The summed E-state index contributed by atoms with van der Waals surface area (Å²) < 4.78 is 5.40. The molecular formula is C14H18N4O. The van der Waals surface area contributed by atoms with Crippen molar-refractivity contribution in [3.63, 3.8) is 0 Å². The van der Waals surface area contributed by atoms with E-state index in [4.69, 9.17) is 10.5 Å². The second-order valence-corrected chi connectivity index (χ2v) is 4.21. The first-order valence-corrected chi connectivity index (χ1v) is 6.20. The van der Waals surface area contributed by atoms with Crippen molar-refractivity contribution in [2.45, 2.75) is 20.8 Å². The molecule has 2 rings (SSSR count). The molecule has 0 aliphatic heterocycles. The van der Waals surface area contributed by atoms with Gasteiger partial charge in [0.05, 0.1) is 6.61 Å². The molecule has 3 N–H and O–H groups in total. The molecule has 5 nitrogen and oxygen atoms in total. The smallest absolute Gasteiger partial charge is 0.139 e. The lowest BCUT2D eigenvalue weighted by atomic mass is 10.2. The summed E-state index contributed by atoms with van der Waals surface area (Å²) in [5, 5.41) is 3.24. The molecule has 0 aliphatic rings. The topological polar surface area (TPSA) is 73.1 Å². The lowest BCUT2D eigenvalue weighted by Gasteiger charge is -2.11. The van der Waals surface area contributed by atoms with Crippen LogP contribution in [0.1, 0.15) is 18.3 Å². The number of anilines is 3. The van der Waals surface area contributed by atoms with E-state index in [1.165, 1.54) is 0 Å². The number of hydrogen-bond donors (Lipinski definition) is 2. The molecular weight excluding hydrogens is 240 g/mol. The van der Waals surface area contributed by atoms with E-state index in [1.807, 2.05) is 45.0 Å². The van der Waals surface area contributed by atoms with Crippen LogP contribution in [-0.2, 0) is 0 Å². The van der Waals surface area contributed by atoms with E-state index in [1.54, 1.807) is 0 Å². The van der Waals surface area contributed by atoms with Crippen LogP contribution in [0.4, 0.5) is 17.3 Å². The molecule has 0 atom stereocenters. The van der Waals surface area contributed by atoms with Gasteiger partial charge in [0.2, 0.25) is 0 Å². The Kier molecular flexibility index (Phi) is 3.85. The van der Waals surface area contributed by atoms with Gasteiger partial charge in [-0.15, -0.1) is 0 Å². The summed E-state index contributed by atoms with van der Waals surface area (Å²) in [6.07, 6.45) is 0. The van der Waals surface area contributed by atoms with Gasteiger partial charge in [0.25, 0.3) is 0 Å². The Morgan fingerprint density at radius 2 is 1.84 bits per heavy atom. The summed E-state index contributed by atoms with van der Waals surface area (Å²) >= 11 is 0. The molecule has 0 saturated heterocycles. The minimum absolute atomic E-state index is 0.501. The van der Waals surface area contributed by atoms with Crippen LogP contribution in [-0.4, -0.2) is 16.6 Å². The SMILES string of the molecule is CCOc1ccc(Nc2nc(C)nc(N)c2C)cc1. The summed E-state index contributed by atoms with van der Waals surface area (Å²) in [5.41, 5.74) is 7.61. The molecule has 0 fully saturated rings. The molecule has 1 heterocycles. The molecule has 0 spiro atoms. The summed E-state index contributed by atoms with van der Waals surface area (Å²) in [5.74, 6) is 2.73. The number of nitrogens with one attached hydrogen (secondary N) is 1. The number of nitrogen functional groups attached to an aromatic ring is 1. The molecule has 5 heteroatoms. The predicted octanol–water partition coefficient (Wildman–Crippen LogP) is 2.82. The van der Waals surface area contributed by atoms with Crippen LogP contribution in [0.15, 0.2) is 24.3 Å². The van der Waals surface area contributed by atoms with E-state index in [9.17, 15) is 0 Å². The molecule has 1 aromatic carbocycles. The third-order valence-electron chi connectivity index (χ3n) is 2.72. The Morgan fingerprint density at radius 1 is 1.16 bits per heavy atom. The largest absolute Gasteiger partial charge is 0.494 e. The molecule has 0 unspecified atom stereocenters. The molecule has 0 bridgehead atoms. The van der Waals surface area contributed by atoms with Gasteiger partial charge in [-0.25, -0.2) is 9.97 Å². The highest BCUT2D eigenvalue weighted by Gasteiger charge is 2.06. The van der Waals surface area contributed by atoms with E-state index in [0.29, 0.717) is 18.2 Å². The van der Waals surface area contributed by atoms with E-state index in [0.717, 1.165) is 22.8 Å². The molecule has 100 valence electrons. The highest BCUT2D eigenvalue weighted by molar-refractivity contribution is 5.64. The average Bonchev–Trinajstić information content (AvgIpc) is 2.38. The van der Waals surface area contributed by atoms with Gasteiger partial charge in [-0.2, -0.15) is 0 Å². The van der Waals surface area contributed by atoms with Crippen LogP contribution < -0.4 is 15.8 Å². The minimum Gasteiger partial charge on any atom is -0.494 e. The first-order valence-electron chi connectivity index (χ1n) is 6.20. The van der Waals surface area contributed by atoms with Crippen molar-refractivity contribution in [2.75, 3.05) is 17.7 Å². The van der Waals surface area contributed by atoms with Crippen molar-refractivity contribution >= 4 is 17.3 Å². The Bertz CT molecular complexity index is 566. The summed E-state index contributed by atoms with van der Waals surface area (Å²) in [6.45, 7) is 6.33. The van der Waals surface area contributed by atoms with E-state index in [-0.39, 0.29) is 0 Å². The first-order chi connectivity index (χ1) is 9.10. The third-order valence-corrected chi connectivity index (χ3v) is 2.72. The van der Waals surface area contributed by atoms with Gasteiger partial charge < -0.3 is 15.8 Å². The van der Waals surface area contributed by atoms with Crippen LogP contribution in [0.3, 0.4) is 0 Å². The van der Waals surface area contributed by atoms with Crippen molar-refractivity contribution in [1.82, 2.24) is 9.97 Å². The van der Waals surface area contributed by atoms with Crippen LogP contribution in [0.25, 0.3) is 0 Å². The molecule has 0 radical (unpaired) electrons. The van der Waals surface area contributed by atoms with E-state index < -0.39 is 0 Å². The second-order valence-electron chi connectivity index (χ2n) is 4.21. The Labute approximate surface area is 112 Å². The zero-order valence-electron chi connectivity index (χ0n) is 11.4. The number of aromatic nitrogens is 2. The van der Waals surface area contributed by atoms with Crippen molar-refractivity contribution in [3.05, 3.63) is 35.7 Å². The maximum absolute atomic E-state index is 5.83. The second kappa shape index (κ2) is 5.56. The Balaban J connectivity index is 2.21. The lowest BCUT2D eigenvalue weighted by molar-refractivity contribution is 0.340. The third kappa shape index (κ3) is 3.13. The maximum atomic E-state index is 5.83. The lowest BCUT2D eigenvalue weighted by Crippen LogP contribution is -2.04. The molecule has 19 heavy (non-hydrogen) atoms. The van der Waals surface area contributed by atoms with Crippen LogP contribution in [0, 0.1) is 13.8 Å². The number of hydrogen-bond acceptors (Lipinski definition) is 5. The van der Waals surface area contributed by atoms with Crippen molar-refractivity contribution in [3.8, 4) is 5.75 Å². The summed E-state index contributed by atoms with van der Waals surface area (Å²) in [4.78, 5) is 8.47. The normalized spacial score (nSPS) is 10.3. The standard InChI is InChI=1S/C14H18N4O/c1-4-19-12-7-5-11(6-8-12)18-14-9(2)13(15)16-10(3)17-14/h5-8H,4H2,1-3H3,(H3,15,16,17,18). The zero-order valence-corrected chi connectivity index (χ0v) is 11.4. The van der Waals surface area contributed by atoms with Crippen LogP contribution >= 0.6 is 0 Å². The average molecular weight is 258 g/mol. The van der Waals surface area contributed by atoms with Gasteiger partial charge in [-0.05, 0) is 45.0 Å². The van der Waals surface area contributed by atoms with E-state index in [2.05, 4.69) is 15.3 Å². The Hall–Kier alpha value is -2.30. The summed E-state index contributed by atoms with van der Waals surface area (Å²) in [6, 6.07) is 7.72. The highest BCUT2D eigenvalue weighted by atomic mass is 16.5.